The number of ether oxygens (including phenoxy) is 1. The molecule has 0 spiro atoms. The molecule has 0 radical (unpaired) electrons. The Bertz CT molecular complexity index is 608. The van der Waals surface area contributed by atoms with Gasteiger partial charge in [0.2, 0.25) is 0 Å². The summed E-state index contributed by atoms with van der Waals surface area (Å²) in [7, 11) is 1.40. The van der Waals surface area contributed by atoms with Crippen LogP contribution in [0.5, 0.6) is 0 Å². The Morgan fingerprint density at radius 3 is 2.48 bits per heavy atom. The lowest BCUT2D eigenvalue weighted by atomic mass is 10.1. The second-order valence-electron chi connectivity index (χ2n) is 4.62. The van der Waals surface area contributed by atoms with Gasteiger partial charge in [0.25, 0.3) is 0 Å². The molecule has 0 unspecified atom stereocenters. The van der Waals surface area contributed by atoms with Crippen LogP contribution in [0.3, 0.4) is 0 Å². The molecule has 0 heterocycles. The standard InChI is InChI=1S/C18H19NO2/c1-3-9-15-10-7-8-13-17(15)19(14-18(20)21-2)16-11-5-4-6-12-16/h3-8,10-13H,1,9,14H2,2H3. The fourth-order valence-electron chi connectivity index (χ4n) is 2.22. The van der Waals surface area contributed by atoms with Gasteiger partial charge in [0.1, 0.15) is 6.54 Å². The van der Waals surface area contributed by atoms with E-state index in [2.05, 4.69) is 6.58 Å². The van der Waals surface area contributed by atoms with E-state index in [1.165, 1.54) is 7.11 Å². The Morgan fingerprint density at radius 2 is 1.81 bits per heavy atom. The number of hydrogen-bond acceptors (Lipinski definition) is 3. The summed E-state index contributed by atoms with van der Waals surface area (Å²) in [5.74, 6) is -0.271. The first-order valence-electron chi connectivity index (χ1n) is 6.84. The molecule has 0 aliphatic rings. The van der Waals surface area contributed by atoms with Crippen LogP contribution < -0.4 is 4.90 Å². The highest BCUT2D eigenvalue weighted by Gasteiger charge is 2.16. The molecular weight excluding hydrogens is 262 g/mol. The molecule has 3 nitrogen and oxygen atoms in total. The van der Waals surface area contributed by atoms with Crippen molar-refractivity contribution >= 4 is 17.3 Å². The first kappa shape index (κ1) is 14.9. The molecule has 108 valence electrons. The van der Waals surface area contributed by atoms with Crippen LogP contribution in [-0.4, -0.2) is 19.6 Å². The lowest BCUT2D eigenvalue weighted by molar-refractivity contribution is -0.138. The molecular formula is C18H19NO2. The highest BCUT2D eigenvalue weighted by Crippen LogP contribution is 2.28. The number of para-hydroxylation sites is 2. The summed E-state index contributed by atoms with van der Waals surface area (Å²) >= 11 is 0. The summed E-state index contributed by atoms with van der Waals surface area (Å²) in [4.78, 5) is 13.7. The third-order valence-corrected chi connectivity index (χ3v) is 3.23. The number of esters is 1. The van der Waals surface area contributed by atoms with Crippen LogP contribution in [0.4, 0.5) is 11.4 Å². The van der Waals surface area contributed by atoms with Crippen LogP contribution in [0.2, 0.25) is 0 Å². The molecule has 2 aromatic rings. The van der Waals surface area contributed by atoms with Gasteiger partial charge in [-0.25, -0.2) is 0 Å². The molecule has 0 fully saturated rings. The maximum atomic E-state index is 11.8. The molecule has 0 saturated carbocycles. The van der Waals surface area contributed by atoms with Gasteiger partial charge in [0.15, 0.2) is 0 Å². The minimum Gasteiger partial charge on any atom is -0.468 e. The maximum absolute atomic E-state index is 11.8. The summed E-state index contributed by atoms with van der Waals surface area (Å²) < 4.78 is 4.82. The van der Waals surface area contributed by atoms with E-state index in [0.717, 1.165) is 23.4 Å². The van der Waals surface area contributed by atoms with Crippen molar-refractivity contribution in [3.05, 3.63) is 72.8 Å². The zero-order chi connectivity index (χ0) is 15.1. The van der Waals surface area contributed by atoms with Gasteiger partial charge in [0.05, 0.1) is 7.11 Å². The van der Waals surface area contributed by atoms with Gasteiger partial charge in [-0.3, -0.25) is 4.79 Å². The summed E-state index contributed by atoms with van der Waals surface area (Å²) in [6, 6.07) is 17.8. The van der Waals surface area contributed by atoms with Crippen LogP contribution in [0, 0.1) is 0 Å². The monoisotopic (exact) mass is 281 g/mol. The predicted octanol–water partition coefficient (Wildman–Crippen LogP) is 3.73. The smallest absolute Gasteiger partial charge is 0.325 e. The van der Waals surface area contributed by atoms with Crippen molar-refractivity contribution in [1.29, 1.82) is 0 Å². The highest BCUT2D eigenvalue weighted by molar-refractivity contribution is 5.80. The third-order valence-electron chi connectivity index (χ3n) is 3.23. The quantitative estimate of drug-likeness (QED) is 0.597. The van der Waals surface area contributed by atoms with Crippen molar-refractivity contribution in [2.24, 2.45) is 0 Å². The minimum absolute atomic E-state index is 0.175. The van der Waals surface area contributed by atoms with E-state index in [-0.39, 0.29) is 12.5 Å². The SMILES string of the molecule is C=CCc1ccccc1N(CC(=O)OC)c1ccccc1. The zero-order valence-corrected chi connectivity index (χ0v) is 12.2. The molecule has 0 aliphatic carbocycles. The number of carbonyl (C=O) groups is 1. The molecule has 0 N–H and O–H groups in total. The number of hydrogen-bond donors (Lipinski definition) is 0. The average Bonchev–Trinajstić information content (AvgIpc) is 2.54. The van der Waals surface area contributed by atoms with Crippen LogP contribution in [0.1, 0.15) is 5.56 Å². The molecule has 0 aliphatic heterocycles. The average molecular weight is 281 g/mol. The van der Waals surface area contributed by atoms with Crippen LogP contribution in [0.15, 0.2) is 67.3 Å². The Kier molecular flexibility index (Phi) is 5.16. The second-order valence-corrected chi connectivity index (χ2v) is 4.62. The van der Waals surface area contributed by atoms with E-state index in [1.54, 1.807) is 0 Å². The Labute approximate surface area is 125 Å². The largest absolute Gasteiger partial charge is 0.468 e. The fraction of sp³-hybridized carbons (Fsp3) is 0.167. The predicted molar refractivity (Wildman–Crippen MR) is 85.8 cm³/mol. The van der Waals surface area contributed by atoms with Gasteiger partial charge in [-0.1, -0.05) is 42.5 Å². The van der Waals surface area contributed by atoms with E-state index in [0.29, 0.717) is 0 Å². The number of allylic oxidation sites excluding steroid dienone is 1. The van der Waals surface area contributed by atoms with Gasteiger partial charge >= 0.3 is 5.97 Å². The summed E-state index contributed by atoms with van der Waals surface area (Å²) in [5, 5.41) is 0. The van der Waals surface area contributed by atoms with Crippen molar-refractivity contribution in [3.8, 4) is 0 Å². The highest BCUT2D eigenvalue weighted by atomic mass is 16.5. The zero-order valence-electron chi connectivity index (χ0n) is 12.2. The summed E-state index contributed by atoms with van der Waals surface area (Å²) in [6.45, 7) is 3.97. The van der Waals surface area contributed by atoms with Crippen molar-refractivity contribution in [2.45, 2.75) is 6.42 Å². The fourth-order valence-corrected chi connectivity index (χ4v) is 2.22. The number of anilines is 2. The normalized spacial score (nSPS) is 9.95. The molecule has 2 aromatic carbocycles. The molecule has 0 aromatic heterocycles. The first-order valence-corrected chi connectivity index (χ1v) is 6.84. The van der Waals surface area contributed by atoms with Gasteiger partial charge < -0.3 is 9.64 Å². The Balaban J connectivity index is 2.44. The molecule has 0 amide bonds. The van der Waals surface area contributed by atoms with Crippen molar-refractivity contribution in [3.63, 3.8) is 0 Å². The van der Waals surface area contributed by atoms with Crippen LogP contribution in [0.25, 0.3) is 0 Å². The maximum Gasteiger partial charge on any atom is 0.325 e. The van der Waals surface area contributed by atoms with Gasteiger partial charge in [-0.2, -0.15) is 0 Å². The van der Waals surface area contributed by atoms with Crippen molar-refractivity contribution in [1.82, 2.24) is 0 Å². The van der Waals surface area contributed by atoms with E-state index >= 15 is 0 Å². The van der Waals surface area contributed by atoms with Crippen molar-refractivity contribution < 1.29 is 9.53 Å². The van der Waals surface area contributed by atoms with Crippen molar-refractivity contribution in [2.75, 3.05) is 18.6 Å². The number of methoxy groups -OCH3 is 1. The Hall–Kier alpha value is -2.55. The molecule has 0 saturated heterocycles. The van der Waals surface area contributed by atoms with Gasteiger partial charge in [-0.15, -0.1) is 6.58 Å². The lowest BCUT2D eigenvalue weighted by Crippen LogP contribution is -2.26. The Morgan fingerprint density at radius 1 is 1.14 bits per heavy atom. The molecule has 0 atom stereocenters. The third kappa shape index (κ3) is 3.72. The number of benzene rings is 2. The van der Waals surface area contributed by atoms with Crippen LogP contribution in [-0.2, 0) is 16.0 Å². The van der Waals surface area contributed by atoms with E-state index in [9.17, 15) is 4.79 Å². The van der Waals surface area contributed by atoms with Crippen LogP contribution >= 0.6 is 0 Å². The number of carbonyl (C=O) groups excluding carboxylic acids is 1. The summed E-state index contributed by atoms with van der Waals surface area (Å²) in [5.41, 5.74) is 3.08. The molecule has 21 heavy (non-hydrogen) atoms. The topological polar surface area (TPSA) is 29.5 Å². The van der Waals surface area contributed by atoms with E-state index < -0.39 is 0 Å². The molecule has 2 rings (SSSR count). The summed E-state index contributed by atoms with van der Waals surface area (Å²) in [6.07, 6.45) is 2.61. The minimum atomic E-state index is -0.271. The van der Waals surface area contributed by atoms with E-state index in [4.69, 9.17) is 4.74 Å². The van der Waals surface area contributed by atoms with Gasteiger partial charge in [-0.05, 0) is 30.2 Å². The van der Waals surface area contributed by atoms with E-state index in [1.807, 2.05) is 65.6 Å². The number of nitrogens with zero attached hydrogens (tertiary/aromatic N) is 1. The lowest BCUT2D eigenvalue weighted by Gasteiger charge is -2.26. The second kappa shape index (κ2) is 7.29. The first-order chi connectivity index (χ1) is 10.3. The number of rotatable bonds is 6. The van der Waals surface area contributed by atoms with Gasteiger partial charge in [0, 0.05) is 11.4 Å². The molecule has 3 heteroatoms. The molecule has 0 bridgehead atoms.